The Bertz CT molecular complexity index is 641. The van der Waals surface area contributed by atoms with Crippen LogP contribution in [0.5, 0.6) is 0 Å². The number of nitrogens with two attached hydrogens (primary N) is 1. The van der Waals surface area contributed by atoms with Crippen molar-refractivity contribution in [1.82, 2.24) is 0 Å². The molecule has 1 unspecified atom stereocenters. The Morgan fingerprint density at radius 2 is 1.90 bits per heavy atom. The molecule has 0 saturated heterocycles. The van der Waals surface area contributed by atoms with Crippen LogP contribution in [0.25, 0.3) is 0 Å². The lowest BCUT2D eigenvalue weighted by molar-refractivity contribution is 0.369. The van der Waals surface area contributed by atoms with Crippen molar-refractivity contribution in [2.24, 2.45) is 5.73 Å². The quantitative estimate of drug-likeness (QED) is 0.891. The molecule has 0 aromatic heterocycles. The molecule has 0 fully saturated rings. The molecule has 0 saturated carbocycles. The lowest BCUT2D eigenvalue weighted by Crippen LogP contribution is -2.47. The average molecular weight is 290 g/mol. The Labute approximate surface area is 123 Å². The van der Waals surface area contributed by atoms with Gasteiger partial charge in [0.05, 0.1) is 0 Å². The van der Waals surface area contributed by atoms with Crippen molar-refractivity contribution in [3.05, 3.63) is 70.0 Å². The Morgan fingerprint density at radius 3 is 2.70 bits per heavy atom. The molecule has 104 valence electrons. The Kier molecular flexibility index (Phi) is 3.53. The summed E-state index contributed by atoms with van der Waals surface area (Å²) in [6.45, 7) is 0. The number of hydrogen-bond acceptors (Lipinski definition) is 1. The normalized spacial score (nSPS) is 21.6. The molecule has 1 atom stereocenters. The largest absolute Gasteiger partial charge is 0.324 e. The molecule has 0 bridgehead atoms. The molecular weight excluding hydrogens is 273 g/mol. The minimum absolute atomic E-state index is 0.260. The van der Waals surface area contributed by atoms with E-state index in [2.05, 4.69) is 18.2 Å². The van der Waals surface area contributed by atoms with Crippen molar-refractivity contribution in [1.29, 1.82) is 0 Å². The molecule has 1 aliphatic rings. The smallest absolute Gasteiger partial charge is 0.123 e. The van der Waals surface area contributed by atoms with Gasteiger partial charge in [-0.2, -0.15) is 0 Å². The number of halogens is 2. The van der Waals surface area contributed by atoms with Crippen LogP contribution in [-0.2, 0) is 19.3 Å². The van der Waals surface area contributed by atoms with Crippen molar-refractivity contribution in [2.45, 2.75) is 31.2 Å². The lowest BCUT2D eigenvalue weighted by atomic mass is 9.75. The van der Waals surface area contributed by atoms with Gasteiger partial charge in [0, 0.05) is 10.6 Å². The fourth-order valence-corrected chi connectivity index (χ4v) is 3.22. The molecule has 20 heavy (non-hydrogen) atoms. The van der Waals surface area contributed by atoms with Crippen LogP contribution >= 0.6 is 11.6 Å². The molecule has 2 N–H and O–H groups in total. The van der Waals surface area contributed by atoms with Crippen molar-refractivity contribution < 1.29 is 4.39 Å². The fourth-order valence-electron chi connectivity index (χ4n) is 3.03. The monoisotopic (exact) mass is 289 g/mol. The first kappa shape index (κ1) is 13.6. The highest BCUT2D eigenvalue weighted by molar-refractivity contribution is 6.31. The van der Waals surface area contributed by atoms with Crippen LogP contribution in [0.3, 0.4) is 0 Å². The van der Waals surface area contributed by atoms with E-state index in [1.165, 1.54) is 23.3 Å². The summed E-state index contributed by atoms with van der Waals surface area (Å²) in [7, 11) is 0. The summed E-state index contributed by atoms with van der Waals surface area (Å²) in [5.74, 6) is -0.260. The zero-order valence-corrected chi connectivity index (χ0v) is 12.0. The van der Waals surface area contributed by atoms with E-state index in [9.17, 15) is 4.39 Å². The Morgan fingerprint density at radius 1 is 1.15 bits per heavy atom. The topological polar surface area (TPSA) is 26.0 Å². The third-order valence-electron chi connectivity index (χ3n) is 4.10. The van der Waals surface area contributed by atoms with Gasteiger partial charge in [0.2, 0.25) is 0 Å². The molecule has 0 amide bonds. The zero-order chi connectivity index (χ0) is 14.2. The second kappa shape index (κ2) is 5.19. The van der Waals surface area contributed by atoms with E-state index in [4.69, 9.17) is 17.3 Å². The van der Waals surface area contributed by atoms with E-state index in [0.29, 0.717) is 11.4 Å². The van der Waals surface area contributed by atoms with Gasteiger partial charge in [-0.1, -0.05) is 35.9 Å². The third kappa shape index (κ3) is 2.72. The van der Waals surface area contributed by atoms with Crippen LogP contribution < -0.4 is 5.73 Å². The predicted octanol–water partition coefficient (Wildman–Crippen LogP) is 3.91. The second-order valence-corrected chi connectivity index (χ2v) is 6.13. The number of hydrogen-bond donors (Lipinski definition) is 1. The van der Waals surface area contributed by atoms with Crippen LogP contribution in [0.4, 0.5) is 4.39 Å². The van der Waals surface area contributed by atoms with Gasteiger partial charge >= 0.3 is 0 Å². The van der Waals surface area contributed by atoms with Gasteiger partial charge in [-0.05, 0) is 60.6 Å². The van der Waals surface area contributed by atoms with Crippen molar-refractivity contribution in [2.75, 3.05) is 0 Å². The van der Waals surface area contributed by atoms with Crippen molar-refractivity contribution in [3.8, 4) is 0 Å². The molecule has 2 aromatic rings. The molecule has 1 nitrogen and oxygen atoms in total. The van der Waals surface area contributed by atoms with Crippen LogP contribution in [0.1, 0.15) is 23.1 Å². The summed E-state index contributed by atoms with van der Waals surface area (Å²) in [5, 5.41) is 0.593. The summed E-state index contributed by atoms with van der Waals surface area (Å²) in [4.78, 5) is 0. The number of fused-ring (bicyclic) bond motifs is 1. The number of rotatable bonds is 2. The molecule has 0 heterocycles. The van der Waals surface area contributed by atoms with Gasteiger partial charge in [0.15, 0.2) is 0 Å². The van der Waals surface area contributed by atoms with Gasteiger partial charge in [0.25, 0.3) is 0 Å². The van der Waals surface area contributed by atoms with Gasteiger partial charge in [-0.15, -0.1) is 0 Å². The molecule has 0 aliphatic heterocycles. The highest BCUT2D eigenvalue weighted by atomic mass is 35.5. The zero-order valence-electron chi connectivity index (χ0n) is 11.2. The number of benzene rings is 2. The maximum absolute atomic E-state index is 13.4. The van der Waals surface area contributed by atoms with Crippen molar-refractivity contribution in [3.63, 3.8) is 0 Å². The Balaban J connectivity index is 1.86. The SMILES string of the molecule is NC1(Cc2cc(F)ccc2Cl)CCc2ccccc2C1. The van der Waals surface area contributed by atoms with Crippen LogP contribution in [0.2, 0.25) is 5.02 Å². The summed E-state index contributed by atoms with van der Waals surface area (Å²) >= 11 is 6.16. The summed E-state index contributed by atoms with van der Waals surface area (Å²) in [6, 6.07) is 12.9. The predicted molar refractivity (Wildman–Crippen MR) is 80.5 cm³/mol. The molecule has 0 spiro atoms. The van der Waals surface area contributed by atoms with E-state index >= 15 is 0 Å². The van der Waals surface area contributed by atoms with E-state index in [-0.39, 0.29) is 11.4 Å². The highest BCUT2D eigenvalue weighted by Gasteiger charge is 2.31. The molecular formula is C17H17ClFN. The average Bonchev–Trinajstić information content (AvgIpc) is 2.42. The van der Waals surface area contributed by atoms with E-state index in [1.54, 1.807) is 6.07 Å². The molecule has 3 heteroatoms. The summed E-state index contributed by atoms with van der Waals surface area (Å²) in [6.07, 6.45) is 3.30. The standard InChI is InChI=1S/C17H17ClFN/c18-16-6-5-15(19)9-14(16)11-17(20)8-7-12-3-1-2-4-13(12)10-17/h1-6,9H,7-8,10-11,20H2. The first-order chi connectivity index (χ1) is 9.56. The van der Waals surface area contributed by atoms with Crippen molar-refractivity contribution >= 4 is 11.6 Å². The van der Waals surface area contributed by atoms with Gasteiger partial charge in [-0.3, -0.25) is 0 Å². The minimum atomic E-state index is -0.341. The maximum atomic E-state index is 13.4. The summed E-state index contributed by atoms with van der Waals surface area (Å²) in [5.41, 5.74) is 9.68. The third-order valence-corrected chi connectivity index (χ3v) is 4.47. The fraction of sp³-hybridized carbons (Fsp3) is 0.294. The van der Waals surface area contributed by atoms with E-state index in [1.807, 2.05) is 6.07 Å². The molecule has 0 radical (unpaired) electrons. The molecule has 3 rings (SSSR count). The minimum Gasteiger partial charge on any atom is -0.324 e. The maximum Gasteiger partial charge on any atom is 0.123 e. The lowest BCUT2D eigenvalue weighted by Gasteiger charge is -2.35. The Hall–Kier alpha value is -1.38. The molecule has 2 aromatic carbocycles. The van der Waals surface area contributed by atoms with Gasteiger partial charge in [0.1, 0.15) is 5.82 Å². The van der Waals surface area contributed by atoms with E-state index in [0.717, 1.165) is 24.8 Å². The first-order valence-electron chi connectivity index (χ1n) is 6.85. The molecule has 1 aliphatic carbocycles. The summed E-state index contributed by atoms with van der Waals surface area (Å²) < 4.78 is 13.4. The van der Waals surface area contributed by atoms with Crippen LogP contribution in [0, 0.1) is 5.82 Å². The first-order valence-corrected chi connectivity index (χ1v) is 7.23. The van der Waals surface area contributed by atoms with Gasteiger partial charge < -0.3 is 5.73 Å². The van der Waals surface area contributed by atoms with E-state index < -0.39 is 0 Å². The van der Waals surface area contributed by atoms with Crippen LogP contribution in [-0.4, -0.2) is 5.54 Å². The highest BCUT2D eigenvalue weighted by Crippen LogP contribution is 2.31. The second-order valence-electron chi connectivity index (χ2n) is 5.72. The van der Waals surface area contributed by atoms with Gasteiger partial charge in [-0.25, -0.2) is 4.39 Å². The number of aryl methyl sites for hydroxylation is 1. The van der Waals surface area contributed by atoms with Crippen LogP contribution in [0.15, 0.2) is 42.5 Å².